The van der Waals surface area contributed by atoms with Gasteiger partial charge in [0.15, 0.2) is 5.96 Å². The molecule has 2 aliphatic rings. The van der Waals surface area contributed by atoms with Crippen LogP contribution in [0.15, 0.2) is 17.6 Å². The maximum atomic E-state index is 4.40. The fraction of sp³-hybridized carbons (Fsp3) is 0.842. The van der Waals surface area contributed by atoms with Gasteiger partial charge in [-0.05, 0) is 37.5 Å². The van der Waals surface area contributed by atoms with Crippen molar-refractivity contribution < 1.29 is 0 Å². The van der Waals surface area contributed by atoms with Crippen LogP contribution in [0.4, 0.5) is 0 Å². The number of nitrogens with one attached hydrogen (secondary N) is 2. The normalized spacial score (nSPS) is 26.5. The Morgan fingerprint density at radius 2 is 2.00 bits per heavy atom. The van der Waals surface area contributed by atoms with Gasteiger partial charge in [-0.25, -0.2) is 0 Å². The van der Waals surface area contributed by atoms with Gasteiger partial charge in [0.1, 0.15) is 0 Å². The molecule has 0 aromatic heterocycles. The molecule has 1 saturated carbocycles. The van der Waals surface area contributed by atoms with E-state index >= 15 is 0 Å². The lowest BCUT2D eigenvalue weighted by Gasteiger charge is -2.32. The van der Waals surface area contributed by atoms with Gasteiger partial charge in [-0.2, -0.15) is 0 Å². The van der Waals surface area contributed by atoms with Crippen LogP contribution in [-0.2, 0) is 0 Å². The largest absolute Gasteiger partial charge is 0.356 e. The van der Waals surface area contributed by atoms with Gasteiger partial charge in [0.2, 0.25) is 0 Å². The van der Waals surface area contributed by atoms with E-state index in [0.717, 1.165) is 44.0 Å². The van der Waals surface area contributed by atoms with E-state index in [1.165, 1.54) is 44.9 Å². The molecule has 0 aromatic carbocycles. The molecule has 2 atom stereocenters. The Morgan fingerprint density at radius 1 is 1.25 bits per heavy atom. The highest BCUT2D eigenvalue weighted by Crippen LogP contribution is 2.30. The third-order valence-electron chi connectivity index (χ3n) is 5.43. The molecule has 2 rings (SSSR count). The van der Waals surface area contributed by atoms with E-state index in [1.54, 1.807) is 0 Å². The van der Waals surface area contributed by atoms with Crippen LogP contribution in [0.3, 0.4) is 0 Å². The average molecular weight is 448 g/mol. The van der Waals surface area contributed by atoms with E-state index in [4.69, 9.17) is 0 Å². The van der Waals surface area contributed by atoms with Gasteiger partial charge >= 0.3 is 0 Å². The second-order valence-corrected chi connectivity index (χ2v) is 7.43. The molecule has 1 aliphatic heterocycles. The summed E-state index contributed by atoms with van der Waals surface area (Å²) in [4.78, 5) is 6.86. The van der Waals surface area contributed by atoms with Crippen molar-refractivity contribution in [2.24, 2.45) is 16.8 Å². The van der Waals surface area contributed by atoms with Crippen molar-refractivity contribution in [2.45, 2.75) is 57.9 Å². The summed E-state index contributed by atoms with van der Waals surface area (Å²) >= 11 is 0. The molecule has 5 heteroatoms. The molecular weight excluding hydrogens is 411 g/mol. The standard InChI is InChI=1S/C19H36N4.HI/c1-4-12-23-13-9-18(10-14-23)22-19(20-3)21-11-8-17-7-5-6-16(2)15-17;/h4,16-18H,1,5-15H2,2-3H3,(H2,20,21,22);1H. The predicted octanol–water partition coefficient (Wildman–Crippen LogP) is 3.64. The van der Waals surface area contributed by atoms with Crippen molar-refractivity contribution in [3.8, 4) is 0 Å². The lowest BCUT2D eigenvalue weighted by atomic mass is 9.81. The summed E-state index contributed by atoms with van der Waals surface area (Å²) in [7, 11) is 1.88. The molecule has 1 heterocycles. The maximum absolute atomic E-state index is 4.40. The van der Waals surface area contributed by atoms with Crippen LogP contribution >= 0.6 is 24.0 Å². The Morgan fingerprint density at radius 3 is 2.62 bits per heavy atom. The number of guanidine groups is 1. The first-order valence-electron chi connectivity index (χ1n) is 9.51. The highest BCUT2D eigenvalue weighted by Gasteiger charge is 2.20. The molecule has 1 aliphatic carbocycles. The molecule has 2 N–H and O–H groups in total. The van der Waals surface area contributed by atoms with E-state index in [1.807, 2.05) is 13.1 Å². The zero-order valence-corrected chi connectivity index (χ0v) is 17.9. The predicted molar refractivity (Wildman–Crippen MR) is 115 cm³/mol. The first kappa shape index (κ1) is 21.7. The smallest absolute Gasteiger partial charge is 0.191 e. The number of nitrogens with zero attached hydrogens (tertiary/aromatic N) is 2. The average Bonchev–Trinajstić information content (AvgIpc) is 2.56. The highest BCUT2D eigenvalue weighted by molar-refractivity contribution is 14.0. The molecule has 0 amide bonds. The van der Waals surface area contributed by atoms with Gasteiger partial charge in [0.25, 0.3) is 0 Å². The minimum absolute atomic E-state index is 0. The first-order chi connectivity index (χ1) is 11.2. The molecule has 0 spiro atoms. The number of halogens is 1. The minimum atomic E-state index is 0. The second-order valence-electron chi connectivity index (χ2n) is 7.43. The molecule has 2 unspecified atom stereocenters. The summed E-state index contributed by atoms with van der Waals surface area (Å²) in [5.41, 5.74) is 0. The van der Waals surface area contributed by atoms with Crippen molar-refractivity contribution in [3.63, 3.8) is 0 Å². The van der Waals surface area contributed by atoms with E-state index in [-0.39, 0.29) is 24.0 Å². The Balaban J connectivity index is 0.00000288. The van der Waals surface area contributed by atoms with Gasteiger partial charge in [-0.15, -0.1) is 30.6 Å². The first-order valence-corrected chi connectivity index (χ1v) is 9.51. The summed E-state index contributed by atoms with van der Waals surface area (Å²) < 4.78 is 0. The topological polar surface area (TPSA) is 39.7 Å². The summed E-state index contributed by atoms with van der Waals surface area (Å²) in [5.74, 6) is 2.81. The van der Waals surface area contributed by atoms with Crippen molar-refractivity contribution in [1.82, 2.24) is 15.5 Å². The zero-order chi connectivity index (χ0) is 16.5. The lowest BCUT2D eigenvalue weighted by Crippen LogP contribution is -2.48. The molecule has 2 fully saturated rings. The third kappa shape index (κ3) is 7.72. The number of aliphatic imine (C=N–C) groups is 1. The van der Waals surface area contributed by atoms with Gasteiger partial charge < -0.3 is 10.6 Å². The molecule has 4 nitrogen and oxygen atoms in total. The fourth-order valence-corrected chi connectivity index (χ4v) is 4.05. The molecule has 24 heavy (non-hydrogen) atoms. The Kier molecular flexibility index (Phi) is 11.0. The molecular formula is C19H37IN4. The third-order valence-corrected chi connectivity index (χ3v) is 5.43. The highest BCUT2D eigenvalue weighted by atomic mass is 127. The van der Waals surface area contributed by atoms with Gasteiger partial charge in [-0.3, -0.25) is 9.89 Å². The van der Waals surface area contributed by atoms with Crippen LogP contribution in [0.25, 0.3) is 0 Å². The van der Waals surface area contributed by atoms with Gasteiger partial charge in [-0.1, -0.05) is 32.3 Å². The van der Waals surface area contributed by atoms with Crippen LogP contribution in [-0.4, -0.2) is 50.1 Å². The van der Waals surface area contributed by atoms with Gasteiger partial charge in [0, 0.05) is 39.3 Å². The van der Waals surface area contributed by atoms with Crippen molar-refractivity contribution in [2.75, 3.05) is 33.2 Å². The SMILES string of the molecule is C=CCN1CCC(NC(=NC)NCCC2CCCC(C)C2)CC1.I. The number of hydrogen-bond acceptors (Lipinski definition) is 2. The minimum Gasteiger partial charge on any atom is -0.356 e. The zero-order valence-electron chi connectivity index (χ0n) is 15.6. The van der Waals surface area contributed by atoms with Crippen molar-refractivity contribution in [3.05, 3.63) is 12.7 Å². The van der Waals surface area contributed by atoms with Crippen molar-refractivity contribution >= 4 is 29.9 Å². The Hall–Kier alpha value is -0.300. The number of rotatable bonds is 6. The summed E-state index contributed by atoms with van der Waals surface area (Å²) in [6.07, 6.45) is 11.3. The molecule has 0 bridgehead atoms. The van der Waals surface area contributed by atoms with Crippen molar-refractivity contribution in [1.29, 1.82) is 0 Å². The molecule has 140 valence electrons. The molecule has 0 radical (unpaired) electrons. The van der Waals surface area contributed by atoms with E-state index in [0.29, 0.717) is 6.04 Å². The summed E-state index contributed by atoms with van der Waals surface area (Å²) in [6.45, 7) is 10.6. The number of hydrogen-bond donors (Lipinski definition) is 2. The monoisotopic (exact) mass is 448 g/mol. The Bertz CT molecular complexity index is 378. The number of likely N-dealkylation sites (tertiary alicyclic amines) is 1. The van der Waals surface area contributed by atoms with E-state index in [2.05, 4.69) is 34.0 Å². The Labute approximate surface area is 166 Å². The quantitative estimate of drug-likeness (QED) is 0.282. The van der Waals surface area contributed by atoms with E-state index in [9.17, 15) is 0 Å². The van der Waals surface area contributed by atoms with Crippen LogP contribution in [0.2, 0.25) is 0 Å². The van der Waals surface area contributed by atoms with Crippen LogP contribution in [0.1, 0.15) is 51.9 Å². The molecule has 1 saturated heterocycles. The molecule has 0 aromatic rings. The second kappa shape index (κ2) is 12.1. The lowest BCUT2D eigenvalue weighted by molar-refractivity contribution is 0.225. The van der Waals surface area contributed by atoms with Crippen LogP contribution < -0.4 is 10.6 Å². The summed E-state index contributed by atoms with van der Waals surface area (Å²) in [5, 5.41) is 7.13. The van der Waals surface area contributed by atoms with Crippen LogP contribution in [0, 0.1) is 11.8 Å². The van der Waals surface area contributed by atoms with Gasteiger partial charge in [0.05, 0.1) is 0 Å². The van der Waals surface area contributed by atoms with Crippen LogP contribution in [0.5, 0.6) is 0 Å². The summed E-state index contributed by atoms with van der Waals surface area (Å²) in [6, 6.07) is 0.553. The van der Waals surface area contributed by atoms with E-state index < -0.39 is 0 Å². The number of piperidine rings is 1. The maximum Gasteiger partial charge on any atom is 0.191 e. The fourth-order valence-electron chi connectivity index (χ4n) is 4.05.